The highest BCUT2D eigenvalue weighted by molar-refractivity contribution is 5.76. The Labute approximate surface area is 166 Å². The number of amides is 1. The largest absolute Gasteiger partial charge is 0.493 e. The van der Waals surface area contributed by atoms with Gasteiger partial charge < -0.3 is 19.7 Å². The van der Waals surface area contributed by atoms with Crippen LogP contribution < -0.4 is 14.8 Å². The molecule has 1 aliphatic heterocycles. The van der Waals surface area contributed by atoms with Crippen LogP contribution in [0, 0.1) is 0 Å². The first-order chi connectivity index (χ1) is 13.8. The number of benzene rings is 1. The summed E-state index contributed by atoms with van der Waals surface area (Å²) in [5.41, 5.74) is 2.09. The molecule has 1 aliphatic rings. The second kappa shape index (κ2) is 10.7. The first kappa shape index (κ1) is 20.1. The van der Waals surface area contributed by atoms with Gasteiger partial charge in [0, 0.05) is 50.6 Å². The van der Waals surface area contributed by atoms with Crippen molar-refractivity contribution in [2.24, 2.45) is 0 Å². The Bertz CT molecular complexity index is 746. The number of carbonyl (C=O) groups is 1. The maximum atomic E-state index is 12.2. The van der Waals surface area contributed by atoms with Crippen LogP contribution in [0.3, 0.4) is 0 Å². The molecule has 0 bridgehead atoms. The van der Waals surface area contributed by atoms with E-state index in [1.54, 1.807) is 19.5 Å². The molecule has 0 atom stereocenters. The second-order valence-corrected chi connectivity index (χ2v) is 7.00. The summed E-state index contributed by atoms with van der Waals surface area (Å²) in [7, 11) is 1.64. The molecule has 3 rings (SSSR count). The number of hydrogen-bond donors (Lipinski definition) is 1. The first-order valence-electron chi connectivity index (χ1n) is 9.93. The van der Waals surface area contributed by atoms with Crippen LogP contribution in [0.1, 0.15) is 36.8 Å². The van der Waals surface area contributed by atoms with Gasteiger partial charge in [-0.15, -0.1) is 0 Å². The molecule has 0 unspecified atom stereocenters. The molecular weight excluding hydrogens is 354 g/mol. The summed E-state index contributed by atoms with van der Waals surface area (Å²) in [5.74, 6) is 1.66. The molecule has 1 fully saturated rings. The van der Waals surface area contributed by atoms with Gasteiger partial charge in [-0.1, -0.05) is 12.1 Å². The smallest absolute Gasteiger partial charge is 0.223 e. The van der Waals surface area contributed by atoms with Crippen LogP contribution in [-0.2, 0) is 17.9 Å². The fraction of sp³-hybridized carbons (Fsp3) is 0.455. The third kappa shape index (κ3) is 5.96. The van der Waals surface area contributed by atoms with Gasteiger partial charge in [0.05, 0.1) is 7.11 Å². The van der Waals surface area contributed by atoms with Crippen LogP contribution in [0.2, 0.25) is 0 Å². The van der Waals surface area contributed by atoms with E-state index in [1.807, 2.05) is 35.2 Å². The lowest BCUT2D eigenvalue weighted by atomic mass is 10.1. The van der Waals surface area contributed by atoms with Gasteiger partial charge >= 0.3 is 0 Å². The second-order valence-electron chi connectivity index (χ2n) is 7.00. The number of ether oxygens (including phenoxy) is 2. The van der Waals surface area contributed by atoms with Gasteiger partial charge in [-0.3, -0.25) is 9.78 Å². The molecule has 0 aliphatic carbocycles. The van der Waals surface area contributed by atoms with Crippen molar-refractivity contribution in [3.63, 3.8) is 0 Å². The van der Waals surface area contributed by atoms with Crippen molar-refractivity contribution in [3.8, 4) is 11.5 Å². The molecule has 0 spiro atoms. The third-order valence-corrected chi connectivity index (χ3v) is 4.90. The van der Waals surface area contributed by atoms with Crippen molar-refractivity contribution in [2.45, 2.75) is 38.8 Å². The quantitative estimate of drug-likeness (QED) is 0.674. The molecule has 1 N–H and O–H groups in total. The molecule has 1 saturated heterocycles. The van der Waals surface area contributed by atoms with Gasteiger partial charge in [-0.05, 0) is 43.0 Å². The maximum Gasteiger partial charge on any atom is 0.223 e. The first-order valence-corrected chi connectivity index (χ1v) is 9.93. The van der Waals surface area contributed by atoms with Gasteiger partial charge in [0.1, 0.15) is 6.61 Å². The number of rotatable bonds is 9. The zero-order valence-electron chi connectivity index (χ0n) is 16.5. The van der Waals surface area contributed by atoms with E-state index in [1.165, 1.54) is 6.42 Å². The summed E-state index contributed by atoms with van der Waals surface area (Å²) in [6, 6.07) is 9.77. The molecule has 2 aromatic rings. The van der Waals surface area contributed by atoms with Crippen molar-refractivity contribution >= 4 is 5.91 Å². The number of methoxy groups -OCH3 is 1. The van der Waals surface area contributed by atoms with Crippen LogP contribution in [0.4, 0.5) is 0 Å². The SMILES string of the molecule is COc1ccc(CNCCC(=O)N2CCCCC2)cc1OCc1cccnc1. The molecule has 6 heteroatoms. The van der Waals surface area contributed by atoms with Crippen LogP contribution >= 0.6 is 0 Å². The molecule has 150 valence electrons. The van der Waals surface area contributed by atoms with E-state index >= 15 is 0 Å². The summed E-state index contributed by atoms with van der Waals surface area (Å²) < 4.78 is 11.3. The van der Waals surface area contributed by atoms with E-state index in [0.29, 0.717) is 37.6 Å². The van der Waals surface area contributed by atoms with Gasteiger partial charge in [0.2, 0.25) is 5.91 Å². The normalized spacial score (nSPS) is 14.0. The van der Waals surface area contributed by atoms with E-state index in [4.69, 9.17) is 9.47 Å². The monoisotopic (exact) mass is 383 g/mol. The summed E-state index contributed by atoms with van der Waals surface area (Å²) in [6.07, 6.45) is 7.58. The van der Waals surface area contributed by atoms with Crippen molar-refractivity contribution in [1.29, 1.82) is 0 Å². The lowest BCUT2D eigenvalue weighted by Crippen LogP contribution is -2.37. The van der Waals surface area contributed by atoms with Crippen molar-refractivity contribution < 1.29 is 14.3 Å². The highest BCUT2D eigenvalue weighted by atomic mass is 16.5. The highest BCUT2D eigenvalue weighted by Crippen LogP contribution is 2.28. The van der Waals surface area contributed by atoms with E-state index in [-0.39, 0.29) is 5.91 Å². The zero-order chi connectivity index (χ0) is 19.6. The Morgan fingerprint density at radius 2 is 2.00 bits per heavy atom. The molecule has 0 saturated carbocycles. The molecule has 1 amide bonds. The minimum atomic E-state index is 0.252. The number of nitrogens with zero attached hydrogens (tertiary/aromatic N) is 2. The average Bonchev–Trinajstić information content (AvgIpc) is 2.76. The fourth-order valence-corrected chi connectivity index (χ4v) is 3.32. The van der Waals surface area contributed by atoms with Gasteiger partial charge in [0.25, 0.3) is 0 Å². The van der Waals surface area contributed by atoms with E-state index in [0.717, 1.165) is 37.1 Å². The number of hydrogen-bond acceptors (Lipinski definition) is 5. The van der Waals surface area contributed by atoms with E-state index in [9.17, 15) is 4.79 Å². The molecule has 2 heterocycles. The maximum absolute atomic E-state index is 12.2. The van der Waals surface area contributed by atoms with Crippen LogP contribution in [0.5, 0.6) is 11.5 Å². The van der Waals surface area contributed by atoms with Crippen molar-refractivity contribution in [1.82, 2.24) is 15.2 Å². The summed E-state index contributed by atoms with van der Waals surface area (Å²) in [5, 5.41) is 3.36. The van der Waals surface area contributed by atoms with Crippen molar-refractivity contribution in [2.75, 3.05) is 26.7 Å². The topological polar surface area (TPSA) is 63.7 Å². The number of nitrogens with one attached hydrogen (secondary N) is 1. The Morgan fingerprint density at radius 1 is 1.14 bits per heavy atom. The molecule has 28 heavy (non-hydrogen) atoms. The standard InChI is InChI=1S/C22H29N3O3/c1-27-20-8-7-18(14-21(20)28-17-19-6-5-10-23-16-19)15-24-11-9-22(26)25-12-3-2-4-13-25/h5-8,10,14,16,24H,2-4,9,11-13,15,17H2,1H3. The summed E-state index contributed by atoms with van der Waals surface area (Å²) in [6.45, 7) is 3.61. The highest BCUT2D eigenvalue weighted by Gasteiger charge is 2.15. The fourth-order valence-electron chi connectivity index (χ4n) is 3.32. The molecular formula is C22H29N3O3. The molecule has 1 aromatic carbocycles. The summed E-state index contributed by atoms with van der Waals surface area (Å²) in [4.78, 5) is 18.3. The van der Waals surface area contributed by atoms with Crippen LogP contribution in [0.25, 0.3) is 0 Å². The predicted molar refractivity (Wildman–Crippen MR) is 108 cm³/mol. The van der Waals surface area contributed by atoms with Crippen LogP contribution in [0.15, 0.2) is 42.7 Å². The van der Waals surface area contributed by atoms with E-state index < -0.39 is 0 Å². The minimum absolute atomic E-state index is 0.252. The number of piperidine rings is 1. The average molecular weight is 383 g/mol. The van der Waals surface area contributed by atoms with Gasteiger partial charge in [-0.2, -0.15) is 0 Å². The Balaban J connectivity index is 1.47. The number of pyridine rings is 1. The Kier molecular flexibility index (Phi) is 7.67. The number of aromatic nitrogens is 1. The Hall–Kier alpha value is -2.60. The van der Waals surface area contributed by atoms with Gasteiger partial charge in [0.15, 0.2) is 11.5 Å². The van der Waals surface area contributed by atoms with Gasteiger partial charge in [-0.25, -0.2) is 0 Å². The minimum Gasteiger partial charge on any atom is -0.493 e. The van der Waals surface area contributed by atoms with Crippen molar-refractivity contribution in [3.05, 3.63) is 53.9 Å². The lowest BCUT2D eigenvalue weighted by Gasteiger charge is -2.26. The van der Waals surface area contributed by atoms with Crippen LogP contribution in [-0.4, -0.2) is 42.5 Å². The lowest BCUT2D eigenvalue weighted by molar-refractivity contribution is -0.131. The summed E-state index contributed by atoms with van der Waals surface area (Å²) >= 11 is 0. The third-order valence-electron chi connectivity index (χ3n) is 4.90. The van der Waals surface area contributed by atoms with E-state index in [2.05, 4.69) is 10.3 Å². The predicted octanol–water partition coefficient (Wildman–Crippen LogP) is 3.16. The zero-order valence-corrected chi connectivity index (χ0v) is 16.5. The number of likely N-dealkylation sites (tertiary alicyclic amines) is 1. The Morgan fingerprint density at radius 3 is 2.75 bits per heavy atom. The molecule has 1 aromatic heterocycles. The number of carbonyl (C=O) groups excluding carboxylic acids is 1. The molecule has 6 nitrogen and oxygen atoms in total. The molecule has 0 radical (unpaired) electrons.